The van der Waals surface area contributed by atoms with Crippen LogP contribution in [0.4, 0.5) is 0 Å². The van der Waals surface area contributed by atoms with Gasteiger partial charge in [0.05, 0.1) is 6.61 Å². The molecular weight excluding hydrogens is 186 g/mol. The highest BCUT2D eigenvalue weighted by molar-refractivity contribution is 8.00. The number of carbonyl (C=O) groups is 1. The number of rotatable bonds is 2. The monoisotopic (exact) mass is 203 g/mol. The van der Waals surface area contributed by atoms with Crippen molar-refractivity contribution in [1.29, 1.82) is 0 Å². The van der Waals surface area contributed by atoms with Crippen LogP contribution in [0.1, 0.15) is 20.8 Å². The Balaban J connectivity index is 2.59. The number of esters is 1. The maximum atomic E-state index is 11.5. The highest BCUT2D eigenvalue weighted by Crippen LogP contribution is 2.31. The molecule has 0 aromatic rings. The van der Waals surface area contributed by atoms with Gasteiger partial charge in [-0.3, -0.25) is 4.79 Å². The van der Waals surface area contributed by atoms with Crippen LogP contribution in [-0.4, -0.2) is 35.7 Å². The van der Waals surface area contributed by atoms with E-state index in [1.54, 1.807) is 0 Å². The van der Waals surface area contributed by atoms with E-state index in [1.807, 2.05) is 18.7 Å². The summed E-state index contributed by atoms with van der Waals surface area (Å²) in [6, 6.07) is -0.161. The molecule has 0 bridgehead atoms. The average molecular weight is 203 g/mol. The summed E-state index contributed by atoms with van der Waals surface area (Å²) in [5, 5.41) is 3.20. The Bertz CT molecular complexity index is 194. The first-order chi connectivity index (χ1) is 6.08. The van der Waals surface area contributed by atoms with Crippen molar-refractivity contribution in [2.45, 2.75) is 31.6 Å². The zero-order chi connectivity index (χ0) is 9.90. The highest BCUT2D eigenvalue weighted by Gasteiger charge is 2.38. The molecule has 0 aliphatic carbocycles. The molecule has 1 saturated heterocycles. The minimum atomic E-state index is -0.161. The number of ether oxygens (including phenoxy) is 1. The fraction of sp³-hybridized carbons (Fsp3) is 0.889. The zero-order valence-corrected chi connectivity index (χ0v) is 9.24. The number of carbonyl (C=O) groups excluding carboxylic acids is 1. The summed E-state index contributed by atoms with van der Waals surface area (Å²) in [5.41, 5.74) is 0. The van der Waals surface area contributed by atoms with Crippen LogP contribution in [0.3, 0.4) is 0 Å². The van der Waals surface area contributed by atoms with Crippen LogP contribution >= 0.6 is 11.8 Å². The molecule has 1 atom stereocenters. The third-order valence-electron chi connectivity index (χ3n) is 2.14. The van der Waals surface area contributed by atoms with E-state index in [4.69, 9.17) is 4.74 Å². The molecule has 1 aliphatic rings. The maximum Gasteiger partial charge on any atom is 0.324 e. The van der Waals surface area contributed by atoms with Crippen LogP contribution in [0.2, 0.25) is 0 Å². The summed E-state index contributed by atoms with van der Waals surface area (Å²) in [7, 11) is 0. The van der Waals surface area contributed by atoms with E-state index in [0.29, 0.717) is 6.61 Å². The summed E-state index contributed by atoms with van der Waals surface area (Å²) in [4.78, 5) is 11.5. The normalized spacial score (nSPS) is 26.8. The summed E-state index contributed by atoms with van der Waals surface area (Å²) >= 11 is 1.82. The Morgan fingerprint density at radius 2 is 2.38 bits per heavy atom. The smallest absolute Gasteiger partial charge is 0.324 e. The van der Waals surface area contributed by atoms with E-state index < -0.39 is 0 Å². The molecule has 1 rings (SSSR count). The van der Waals surface area contributed by atoms with Gasteiger partial charge in [0.25, 0.3) is 0 Å². The molecule has 0 aromatic heterocycles. The van der Waals surface area contributed by atoms with Gasteiger partial charge in [-0.05, 0) is 20.8 Å². The van der Waals surface area contributed by atoms with Gasteiger partial charge in [-0.1, -0.05) is 0 Å². The van der Waals surface area contributed by atoms with Gasteiger partial charge in [0.2, 0.25) is 0 Å². The van der Waals surface area contributed by atoms with Gasteiger partial charge in [-0.15, -0.1) is 0 Å². The predicted octanol–water partition coefficient (Wildman–Crippen LogP) is 1.03. The molecule has 1 N–H and O–H groups in total. The quantitative estimate of drug-likeness (QED) is 0.680. The molecule has 0 radical (unpaired) electrons. The van der Waals surface area contributed by atoms with E-state index in [9.17, 15) is 4.79 Å². The van der Waals surface area contributed by atoms with Gasteiger partial charge in [-0.25, -0.2) is 0 Å². The fourth-order valence-electron chi connectivity index (χ4n) is 1.44. The second kappa shape index (κ2) is 4.33. The van der Waals surface area contributed by atoms with Crippen molar-refractivity contribution in [3.63, 3.8) is 0 Å². The van der Waals surface area contributed by atoms with Crippen molar-refractivity contribution < 1.29 is 9.53 Å². The average Bonchev–Trinajstić information content (AvgIpc) is 2.03. The lowest BCUT2D eigenvalue weighted by atomic mass is 10.0. The van der Waals surface area contributed by atoms with Crippen molar-refractivity contribution in [2.75, 3.05) is 18.9 Å². The Labute approximate surface area is 83.6 Å². The molecule has 1 aliphatic heterocycles. The molecule has 1 heterocycles. The molecule has 4 heteroatoms. The van der Waals surface area contributed by atoms with Crippen LogP contribution in [-0.2, 0) is 9.53 Å². The minimum absolute atomic E-state index is 0.0511. The highest BCUT2D eigenvalue weighted by atomic mass is 32.2. The lowest BCUT2D eigenvalue weighted by molar-refractivity contribution is -0.146. The standard InChI is InChI=1S/C9H17NO2S/c1-4-12-8(11)7-9(2,3)13-6-5-10-7/h7,10H,4-6H2,1-3H3/t7-/m0/s1. The van der Waals surface area contributed by atoms with Crippen molar-refractivity contribution in [2.24, 2.45) is 0 Å². The largest absolute Gasteiger partial charge is 0.465 e. The number of hydrogen-bond donors (Lipinski definition) is 1. The van der Waals surface area contributed by atoms with E-state index in [2.05, 4.69) is 19.2 Å². The molecule has 3 nitrogen and oxygen atoms in total. The number of hydrogen-bond acceptors (Lipinski definition) is 4. The van der Waals surface area contributed by atoms with Crippen molar-refractivity contribution in [3.05, 3.63) is 0 Å². The Hall–Kier alpha value is -0.220. The molecule has 0 saturated carbocycles. The van der Waals surface area contributed by atoms with Crippen LogP contribution in [0.5, 0.6) is 0 Å². The third-order valence-corrected chi connectivity index (χ3v) is 3.53. The lowest BCUT2D eigenvalue weighted by Gasteiger charge is -2.36. The molecule has 0 spiro atoms. The fourth-order valence-corrected chi connectivity index (χ4v) is 2.53. The van der Waals surface area contributed by atoms with Crippen LogP contribution in [0.25, 0.3) is 0 Å². The van der Waals surface area contributed by atoms with E-state index >= 15 is 0 Å². The maximum absolute atomic E-state index is 11.5. The first kappa shape index (κ1) is 10.9. The Kier molecular flexibility index (Phi) is 3.62. The first-order valence-electron chi connectivity index (χ1n) is 4.62. The van der Waals surface area contributed by atoms with E-state index in [0.717, 1.165) is 12.3 Å². The Morgan fingerprint density at radius 3 is 2.92 bits per heavy atom. The lowest BCUT2D eigenvalue weighted by Crippen LogP contribution is -2.55. The molecular formula is C9H17NO2S. The topological polar surface area (TPSA) is 38.3 Å². The predicted molar refractivity (Wildman–Crippen MR) is 55.0 cm³/mol. The minimum Gasteiger partial charge on any atom is -0.465 e. The van der Waals surface area contributed by atoms with Crippen molar-refractivity contribution in [3.8, 4) is 0 Å². The molecule has 0 unspecified atom stereocenters. The van der Waals surface area contributed by atoms with Gasteiger partial charge in [0, 0.05) is 17.0 Å². The summed E-state index contributed by atoms with van der Waals surface area (Å²) in [6.07, 6.45) is 0. The molecule has 13 heavy (non-hydrogen) atoms. The number of nitrogens with one attached hydrogen (secondary N) is 1. The van der Waals surface area contributed by atoms with Gasteiger partial charge in [0.15, 0.2) is 0 Å². The van der Waals surface area contributed by atoms with Crippen LogP contribution in [0, 0.1) is 0 Å². The molecule has 1 fully saturated rings. The molecule has 76 valence electrons. The Morgan fingerprint density at radius 1 is 1.69 bits per heavy atom. The first-order valence-corrected chi connectivity index (χ1v) is 5.60. The van der Waals surface area contributed by atoms with E-state index in [1.165, 1.54) is 0 Å². The molecule has 0 amide bonds. The summed E-state index contributed by atoms with van der Waals surface area (Å²) in [6.45, 7) is 7.33. The zero-order valence-electron chi connectivity index (χ0n) is 8.42. The van der Waals surface area contributed by atoms with Crippen molar-refractivity contribution >= 4 is 17.7 Å². The molecule has 0 aromatic carbocycles. The third kappa shape index (κ3) is 2.61. The van der Waals surface area contributed by atoms with Gasteiger partial charge < -0.3 is 10.1 Å². The summed E-state index contributed by atoms with van der Waals surface area (Å²) < 4.78 is 4.95. The van der Waals surface area contributed by atoms with Crippen LogP contribution in [0.15, 0.2) is 0 Å². The summed E-state index contributed by atoms with van der Waals surface area (Å²) in [5.74, 6) is 0.933. The SMILES string of the molecule is CCOC(=O)[C@@H]1NCCSC1(C)C. The van der Waals surface area contributed by atoms with E-state index in [-0.39, 0.29) is 16.8 Å². The van der Waals surface area contributed by atoms with Gasteiger partial charge in [-0.2, -0.15) is 11.8 Å². The van der Waals surface area contributed by atoms with Gasteiger partial charge >= 0.3 is 5.97 Å². The van der Waals surface area contributed by atoms with Gasteiger partial charge in [0.1, 0.15) is 6.04 Å². The second-order valence-electron chi connectivity index (χ2n) is 3.59. The second-order valence-corrected chi connectivity index (χ2v) is 5.34. The number of thioether (sulfide) groups is 1. The van der Waals surface area contributed by atoms with Crippen LogP contribution < -0.4 is 5.32 Å². The van der Waals surface area contributed by atoms with Crippen molar-refractivity contribution in [1.82, 2.24) is 5.32 Å².